The van der Waals surface area contributed by atoms with Gasteiger partial charge < -0.3 is 29.2 Å². The summed E-state index contributed by atoms with van der Waals surface area (Å²) in [4.78, 5) is 2.20. The average molecular weight is 493 g/mol. The fourth-order valence-electron chi connectivity index (χ4n) is 4.42. The number of nitrogens with one attached hydrogen (secondary N) is 1. The zero-order valence-corrected chi connectivity index (χ0v) is 21.7. The van der Waals surface area contributed by atoms with Gasteiger partial charge in [-0.1, -0.05) is 24.3 Å². The van der Waals surface area contributed by atoms with Crippen molar-refractivity contribution < 1.29 is 18.9 Å². The zero-order valence-electron chi connectivity index (χ0n) is 20.9. The van der Waals surface area contributed by atoms with E-state index in [0.717, 1.165) is 35.5 Å². The van der Waals surface area contributed by atoms with Gasteiger partial charge in [-0.05, 0) is 85.1 Å². The van der Waals surface area contributed by atoms with Crippen molar-refractivity contribution in [2.45, 2.75) is 26.3 Å². The highest BCUT2D eigenvalue weighted by molar-refractivity contribution is 7.80. The summed E-state index contributed by atoms with van der Waals surface area (Å²) in [5, 5.41) is 4.13. The molecule has 0 amide bonds. The number of benzene rings is 3. The Morgan fingerprint density at radius 2 is 1.60 bits per heavy atom. The number of aryl methyl sites for hydroxylation is 2. The van der Waals surface area contributed by atoms with Crippen molar-refractivity contribution in [1.82, 2.24) is 4.90 Å². The standard InChI is InChI=1S/C28H32N2O4S/c1-18-10-11-19(2)22(14-18)29-28(35)30-13-12-20-15-26(32-4)27(33-5)16-21(20)23(30)17-34-25-9-7-6-8-24(25)31-3/h6-11,14-16,23H,12-13,17H2,1-5H3,(H,29,35)/t23-/m1/s1. The lowest BCUT2D eigenvalue weighted by Crippen LogP contribution is -2.44. The van der Waals surface area contributed by atoms with E-state index in [1.165, 1.54) is 11.1 Å². The van der Waals surface area contributed by atoms with Crippen LogP contribution in [-0.2, 0) is 6.42 Å². The van der Waals surface area contributed by atoms with Gasteiger partial charge in [0.2, 0.25) is 0 Å². The molecule has 0 radical (unpaired) electrons. The van der Waals surface area contributed by atoms with Crippen molar-refractivity contribution in [2.75, 3.05) is 39.8 Å². The second kappa shape index (κ2) is 10.9. The van der Waals surface area contributed by atoms with Crippen molar-refractivity contribution in [1.29, 1.82) is 0 Å². The van der Waals surface area contributed by atoms with E-state index in [1.54, 1.807) is 21.3 Å². The number of thiocarbonyl (C=S) groups is 1. The van der Waals surface area contributed by atoms with Crippen LogP contribution in [0.1, 0.15) is 28.3 Å². The van der Waals surface area contributed by atoms with E-state index >= 15 is 0 Å². The molecule has 1 N–H and O–H groups in total. The smallest absolute Gasteiger partial charge is 0.174 e. The number of ether oxygens (including phenoxy) is 4. The number of hydrogen-bond acceptors (Lipinski definition) is 5. The Labute approximate surface area is 212 Å². The molecule has 0 spiro atoms. The van der Waals surface area contributed by atoms with Gasteiger partial charge in [-0.2, -0.15) is 0 Å². The van der Waals surface area contributed by atoms with Crippen LogP contribution in [0.4, 0.5) is 5.69 Å². The summed E-state index contributed by atoms with van der Waals surface area (Å²) in [6.07, 6.45) is 0.829. The topological polar surface area (TPSA) is 52.2 Å². The van der Waals surface area contributed by atoms with Gasteiger partial charge in [0.1, 0.15) is 6.61 Å². The first kappa shape index (κ1) is 24.7. The van der Waals surface area contributed by atoms with E-state index < -0.39 is 0 Å². The molecule has 0 fully saturated rings. The van der Waals surface area contributed by atoms with Gasteiger partial charge >= 0.3 is 0 Å². The SMILES string of the molecule is COc1cc2c(cc1OC)[C@@H](COc1ccccc1OC)N(C(=S)Nc1cc(C)ccc1C)CC2. The molecule has 1 aliphatic heterocycles. The number of anilines is 1. The largest absolute Gasteiger partial charge is 0.493 e. The lowest BCUT2D eigenvalue weighted by molar-refractivity contribution is 0.185. The molecule has 6 nitrogen and oxygen atoms in total. The summed E-state index contributed by atoms with van der Waals surface area (Å²) in [5.41, 5.74) is 5.63. The van der Waals surface area contributed by atoms with Gasteiger partial charge in [0.25, 0.3) is 0 Å². The van der Waals surface area contributed by atoms with Crippen molar-refractivity contribution >= 4 is 23.0 Å². The van der Waals surface area contributed by atoms with Crippen LogP contribution in [0.5, 0.6) is 23.0 Å². The van der Waals surface area contributed by atoms with Gasteiger partial charge in [-0.25, -0.2) is 0 Å². The number of nitrogens with zero attached hydrogens (tertiary/aromatic N) is 1. The highest BCUT2D eigenvalue weighted by atomic mass is 32.1. The minimum atomic E-state index is -0.131. The first-order chi connectivity index (χ1) is 16.9. The van der Waals surface area contributed by atoms with Crippen LogP contribution in [0.3, 0.4) is 0 Å². The summed E-state index contributed by atoms with van der Waals surface area (Å²) < 4.78 is 23.0. The maximum absolute atomic E-state index is 6.30. The van der Waals surface area contributed by atoms with E-state index in [4.69, 9.17) is 31.2 Å². The highest BCUT2D eigenvalue weighted by Gasteiger charge is 2.32. The first-order valence-corrected chi connectivity index (χ1v) is 12.0. The van der Waals surface area contributed by atoms with E-state index in [1.807, 2.05) is 30.3 Å². The Morgan fingerprint density at radius 3 is 2.31 bits per heavy atom. The molecular formula is C28H32N2O4S. The maximum atomic E-state index is 6.30. The Bertz CT molecular complexity index is 1210. The van der Waals surface area contributed by atoms with Crippen LogP contribution in [-0.4, -0.2) is 44.5 Å². The summed E-state index contributed by atoms with van der Waals surface area (Å²) in [7, 11) is 4.95. The molecule has 1 heterocycles. The lowest BCUT2D eigenvalue weighted by Gasteiger charge is -2.39. The van der Waals surface area contributed by atoms with Crippen LogP contribution < -0.4 is 24.3 Å². The second-order valence-electron chi connectivity index (χ2n) is 8.58. The van der Waals surface area contributed by atoms with Gasteiger partial charge in [0.15, 0.2) is 28.1 Å². The van der Waals surface area contributed by atoms with E-state index in [-0.39, 0.29) is 6.04 Å². The third kappa shape index (κ3) is 5.30. The van der Waals surface area contributed by atoms with Crippen LogP contribution in [0.25, 0.3) is 0 Å². The number of rotatable bonds is 7. The summed E-state index contributed by atoms with van der Waals surface area (Å²) in [6.45, 7) is 5.29. The molecule has 1 atom stereocenters. The molecule has 0 saturated carbocycles. The third-order valence-corrected chi connectivity index (χ3v) is 6.70. The van der Waals surface area contributed by atoms with Crippen LogP contribution in [0.15, 0.2) is 54.6 Å². The van der Waals surface area contributed by atoms with Crippen LogP contribution in [0.2, 0.25) is 0 Å². The second-order valence-corrected chi connectivity index (χ2v) is 8.96. The van der Waals surface area contributed by atoms with E-state index in [9.17, 15) is 0 Å². The molecule has 4 rings (SSSR count). The third-order valence-electron chi connectivity index (χ3n) is 6.36. The summed E-state index contributed by atoms with van der Waals surface area (Å²) in [5.74, 6) is 2.79. The molecule has 7 heteroatoms. The summed E-state index contributed by atoms with van der Waals surface area (Å²) in [6, 6.07) is 18.0. The molecule has 0 bridgehead atoms. The number of methoxy groups -OCH3 is 3. The highest BCUT2D eigenvalue weighted by Crippen LogP contribution is 2.39. The quantitative estimate of drug-likeness (QED) is 0.424. The monoisotopic (exact) mass is 492 g/mol. The molecule has 3 aromatic rings. The molecule has 0 unspecified atom stereocenters. The van der Waals surface area contributed by atoms with Gasteiger partial charge in [-0.3, -0.25) is 0 Å². The number of para-hydroxylation sites is 2. The molecule has 0 saturated heterocycles. The molecule has 0 aliphatic carbocycles. The van der Waals surface area contributed by atoms with Gasteiger partial charge in [0.05, 0.1) is 27.4 Å². The molecule has 1 aliphatic rings. The maximum Gasteiger partial charge on any atom is 0.174 e. The van der Waals surface area contributed by atoms with Crippen LogP contribution in [0, 0.1) is 13.8 Å². The molecule has 35 heavy (non-hydrogen) atoms. The molecule has 0 aromatic heterocycles. The van der Waals surface area contributed by atoms with Crippen molar-refractivity contribution in [2.24, 2.45) is 0 Å². The Morgan fingerprint density at radius 1 is 0.914 bits per heavy atom. The molecule has 3 aromatic carbocycles. The van der Waals surface area contributed by atoms with Crippen molar-refractivity contribution in [3.63, 3.8) is 0 Å². The van der Waals surface area contributed by atoms with Crippen LogP contribution >= 0.6 is 12.2 Å². The molecule has 184 valence electrons. The normalized spacial score (nSPS) is 14.7. The van der Waals surface area contributed by atoms with Gasteiger partial charge in [0, 0.05) is 12.2 Å². The minimum Gasteiger partial charge on any atom is -0.493 e. The van der Waals surface area contributed by atoms with Crippen molar-refractivity contribution in [3.05, 3.63) is 76.9 Å². The Kier molecular flexibility index (Phi) is 7.66. The number of hydrogen-bond donors (Lipinski definition) is 1. The fourth-order valence-corrected chi connectivity index (χ4v) is 4.74. The first-order valence-electron chi connectivity index (χ1n) is 11.6. The number of fused-ring (bicyclic) bond motifs is 1. The van der Waals surface area contributed by atoms with Crippen molar-refractivity contribution in [3.8, 4) is 23.0 Å². The predicted molar refractivity (Wildman–Crippen MR) is 143 cm³/mol. The van der Waals surface area contributed by atoms with Gasteiger partial charge in [-0.15, -0.1) is 0 Å². The minimum absolute atomic E-state index is 0.131. The fraction of sp³-hybridized carbons (Fsp3) is 0.321. The zero-order chi connectivity index (χ0) is 24.9. The van der Waals surface area contributed by atoms with E-state index in [2.05, 4.69) is 48.3 Å². The lowest BCUT2D eigenvalue weighted by atomic mass is 9.92. The Hall–Kier alpha value is -3.45. The average Bonchev–Trinajstić information content (AvgIpc) is 2.88. The Balaban J connectivity index is 1.68. The van der Waals surface area contributed by atoms with E-state index in [0.29, 0.717) is 29.0 Å². The summed E-state index contributed by atoms with van der Waals surface area (Å²) >= 11 is 5.93. The predicted octanol–water partition coefficient (Wildman–Crippen LogP) is 5.70. The molecular weight excluding hydrogens is 460 g/mol.